The van der Waals surface area contributed by atoms with Crippen LogP contribution in [0.2, 0.25) is 5.02 Å². The third-order valence-electron chi connectivity index (χ3n) is 2.44. The Morgan fingerprint density at radius 1 is 1.38 bits per heavy atom. The Morgan fingerprint density at radius 3 is 2.81 bits per heavy atom. The summed E-state index contributed by atoms with van der Waals surface area (Å²) in [6, 6.07) is 4.52. The molecule has 1 nitrogen and oxygen atoms in total. The van der Waals surface area contributed by atoms with E-state index in [4.69, 9.17) is 11.6 Å². The van der Waals surface area contributed by atoms with E-state index in [9.17, 15) is 9.18 Å². The molecule has 3 heteroatoms. The first kappa shape index (κ1) is 13.2. The molecule has 0 saturated carbocycles. The average Bonchev–Trinajstić information content (AvgIpc) is 2.23. The lowest BCUT2D eigenvalue weighted by Crippen LogP contribution is -1.99. The molecule has 0 aliphatic rings. The Labute approximate surface area is 101 Å². The Bertz CT molecular complexity index is 363. The number of carbonyl (C=O) groups excluding carboxylic acids is 1. The highest BCUT2D eigenvalue weighted by molar-refractivity contribution is 6.30. The number of Topliss-reactive ketones (excluding diaryl/α,β-unsaturated/α-hetero) is 1. The second-order valence-corrected chi connectivity index (χ2v) is 4.31. The molecule has 0 spiro atoms. The summed E-state index contributed by atoms with van der Waals surface area (Å²) >= 11 is 5.77. The first-order valence-electron chi connectivity index (χ1n) is 5.59. The molecule has 0 N–H and O–H groups in total. The smallest absolute Gasteiger partial charge is 0.132 e. The highest BCUT2D eigenvalue weighted by atomic mass is 35.5. The summed E-state index contributed by atoms with van der Waals surface area (Å²) < 4.78 is 13.3. The molecule has 0 fully saturated rings. The van der Waals surface area contributed by atoms with Crippen molar-refractivity contribution in [3.63, 3.8) is 0 Å². The van der Waals surface area contributed by atoms with Crippen molar-refractivity contribution in [2.45, 2.75) is 39.0 Å². The van der Waals surface area contributed by atoms with Gasteiger partial charge in [0.25, 0.3) is 0 Å². The van der Waals surface area contributed by atoms with Crippen LogP contribution in [-0.2, 0) is 11.2 Å². The maximum atomic E-state index is 13.3. The third kappa shape index (κ3) is 4.31. The van der Waals surface area contributed by atoms with Crippen LogP contribution in [0.5, 0.6) is 0 Å². The van der Waals surface area contributed by atoms with Crippen LogP contribution in [0.1, 0.15) is 38.2 Å². The maximum Gasteiger partial charge on any atom is 0.132 e. The molecule has 0 unspecified atom stereocenters. The highest BCUT2D eigenvalue weighted by Crippen LogP contribution is 2.17. The summed E-state index contributed by atoms with van der Waals surface area (Å²) in [4.78, 5) is 11.3. The van der Waals surface area contributed by atoms with Crippen molar-refractivity contribution >= 4 is 17.4 Å². The fraction of sp³-hybridized carbons (Fsp3) is 0.462. The van der Waals surface area contributed by atoms with Gasteiger partial charge in [-0.05, 0) is 43.0 Å². The highest BCUT2D eigenvalue weighted by Gasteiger charge is 2.05. The molecule has 0 aliphatic heterocycles. The first-order valence-corrected chi connectivity index (χ1v) is 5.97. The Hall–Kier alpha value is -0.890. The van der Waals surface area contributed by atoms with Crippen LogP contribution in [0.3, 0.4) is 0 Å². The van der Waals surface area contributed by atoms with Gasteiger partial charge in [0.15, 0.2) is 0 Å². The van der Waals surface area contributed by atoms with E-state index in [2.05, 4.69) is 0 Å². The average molecular weight is 243 g/mol. The molecule has 1 aromatic rings. The molecule has 0 aliphatic carbocycles. The van der Waals surface area contributed by atoms with Crippen molar-refractivity contribution in [2.24, 2.45) is 0 Å². The second kappa shape index (κ2) is 6.64. The normalized spacial score (nSPS) is 10.4. The molecular weight excluding hydrogens is 227 g/mol. The van der Waals surface area contributed by atoms with Crippen molar-refractivity contribution in [3.8, 4) is 0 Å². The minimum atomic E-state index is -0.243. The molecule has 16 heavy (non-hydrogen) atoms. The predicted molar refractivity (Wildman–Crippen MR) is 64.3 cm³/mol. The van der Waals surface area contributed by atoms with Gasteiger partial charge >= 0.3 is 0 Å². The van der Waals surface area contributed by atoms with Gasteiger partial charge in [-0.3, -0.25) is 4.79 Å². The van der Waals surface area contributed by atoms with Crippen LogP contribution in [-0.4, -0.2) is 5.78 Å². The largest absolute Gasteiger partial charge is 0.300 e. The number of ketones is 1. The molecule has 0 bridgehead atoms. The standard InChI is InChI=1S/C13H16ClFO/c1-2-4-12(16)6-3-5-10-9-11(14)7-8-13(10)15/h7-9H,2-6H2,1H3. The van der Waals surface area contributed by atoms with Gasteiger partial charge in [0.05, 0.1) is 0 Å². The van der Waals surface area contributed by atoms with Crippen molar-refractivity contribution in [1.29, 1.82) is 0 Å². The zero-order valence-electron chi connectivity index (χ0n) is 9.43. The van der Waals surface area contributed by atoms with E-state index >= 15 is 0 Å². The number of rotatable bonds is 6. The molecule has 1 aromatic carbocycles. The van der Waals surface area contributed by atoms with Gasteiger partial charge in [0, 0.05) is 17.9 Å². The lowest BCUT2D eigenvalue weighted by molar-refractivity contribution is -0.119. The van der Waals surface area contributed by atoms with Gasteiger partial charge in [0.1, 0.15) is 11.6 Å². The maximum absolute atomic E-state index is 13.3. The van der Waals surface area contributed by atoms with Gasteiger partial charge in [-0.2, -0.15) is 0 Å². The predicted octanol–water partition coefficient (Wildman–Crippen LogP) is 4.17. The van der Waals surface area contributed by atoms with E-state index in [1.54, 1.807) is 6.07 Å². The fourth-order valence-corrected chi connectivity index (χ4v) is 1.81. The second-order valence-electron chi connectivity index (χ2n) is 3.88. The summed E-state index contributed by atoms with van der Waals surface area (Å²) in [6.45, 7) is 1.98. The quantitative estimate of drug-likeness (QED) is 0.732. The number of aryl methyl sites for hydroxylation is 1. The van der Waals surface area contributed by atoms with Crippen molar-refractivity contribution in [1.82, 2.24) is 0 Å². The first-order chi connectivity index (χ1) is 7.63. The number of hydrogen-bond acceptors (Lipinski definition) is 1. The molecule has 0 heterocycles. The molecule has 0 saturated heterocycles. The lowest BCUT2D eigenvalue weighted by atomic mass is 10.0. The molecule has 1 rings (SSSR count). The number of hydrogen-bond donors (Lipinski definition) is 0. The van der Waals surface area contributed by atoms with Gasteiger partial charge in [0.2, 0.25) is 0 Å². The molecular formula is C13H16ClFO. The third-order valence-corrected chi connectivity index (χ3v) is 2.67. The van der Waals surface area contributed by atoms with Gasteiger partial charge in [-0.25, -0.2) is 4.39 Å². The van der Waals surface area contributed by atoms with Crippen LogP contribution >= 0.6 is 11.6 Å². The minimum Gasteiger partial charge on any atom is -0.300 e. The minimum absolute atomic E-state index is 0.243. The summed E-state index contributed by atoms with van der Waals surface area (Å²) in [5, 5.41) is 0.538. The summed E-state index contributed by atoms with van der Waals surface area (Å²) in [5.41, 5.74) is 0.594. The number of benzene rings is 1. The van der Waals surface area contributed by atoms with E-state index in [0.29, 0.717) is 36.3 Å². The zero-order valence-corrected chi connectivity index (χ0v) is 10.2. The van der Waals surface area contributed by atoms with E-state index in [1.165, 1.54) is 12.1 Å². The lowest BCUT2D eigenvalue weighted by Gasteiger charge is -2.03. The molecule has 0 atom stereocenters. The topological polar surface area (TPSA) is 17.1 Å². The summed E-state index contributed by atoms with van der Waals surface area (Å²) in [7, 11) is 0. The zero-order chi connectivity index (χ0) is 12.0. The van der Waals surface area contributed by atoms with Crippen molar-refractivity contribution < 1.29 is 9.18 Å². The van der Waals surface area contributed by atoms with E-state index < -0.39 is 0 Å². The Morgan fingerprint density at radius 2 is 2.12 bits per heavy atom. The molecule has 0 amide bonds. The van der Waals surface area contributed by atoms with Crippen LogP contribution in [0.15, 0.2) is 18.2 Å². The van der Waals surface area contributed by atoms with E-state index in [0.717, 1.165) is 6.42 Å². The summed E-state index contributed by atoms with van der Waals surface area (Å²) in [6.07, 6.45) is 3.29. The van der Waals surface area contributed by atoms with Crippen LogP contribution in [0.4, 0.5) is 4.39 Å². The summed E-state index contributed by atoms with van der Waals surface area (Å²) in [5.74, 6) is 0.0114. The van der Waals surface area contributed by atoms with Gasteiger partial charge in [-0.15, -0.1) is 0 Å². The molecule has 0 radical (unpaired) electrons. The van der Waals surface area contributed by atoms with Crippen molar-refractivity contribution in [3.05, 3.63) is 34.6 Å². The van der Waals surface area contributed by atoms with E-state index in [-0.39, 0.29) is 11.6 Å². The monoisotopic (exact) mass is 242 g/mol. The fourth-order valence-electron chi connectivity index (χ4n) is 1.61. The molecule has 88 valence electrons. The number of halogens is 2. The van der Waals surface area contributed by atoms with Crippen LogP contribution < -0.4 is 0 Å². The van der Waals surface area contributed by atoms with Crippen molar-refractivity contribution in [2.75, 3.05) is 0 Å². The molecule has 0 aromatic heterocycles. The van der Waals surface area contributed by atoms with Crippen LogP contribution in [0.25, 0.3) is 0 Å². The van der Waals surface area contributed by atoms with Crippen LogP contribution in [0, 0.1) is 5.82 Å². The van der Waals surface area contributed by atoms with Gasteiger partial charge < -0.3 is 0 Å². The number of carbonyl (C=O) groups is 1. The Balaban J connectivity index is 2.42. The Kier molecular flexibility index (Phi) is 5.47. The van der Waals surface area contributed by atoms with E-state index in [1.807, 2.05) is 6.92 Å². The SMILES string of the molecule is CCCC(=O)CCCc1cc(Cl)ccc1F. The van der Waals surface area contributed by atoms with Gasteiger partial charge in [-0.1, -0.05) is 18.5 Å².